The van der Waals surface area contributed by atoms with E-state index in [1.54, 1.807) is 31.7 Å². The minimum absolute atomic E-state index is 0.0963. The van der Waals surface area contributed by atoms with Crippen molar-refractivity contribution in [2.75, 3.05) is 31.7 Å². The molecule has 7 nitrogen and oxygen atoms in total. The van der Waals surface area contributed by atoms with Crippen molar-refractivity contribution in [3.8, 4) is 0 Å². The molecule has 0 aromatic carbocycles. The number of aliphatic hydroxyl groups excluding tert-OH is 1. The Morgan fingerprint density at radius 1 is 0.875 bits per heavy atom. The maximum absolute atomic E-state index is 12.3. The normalized spacial score (nSPS) is 12.6. The molecule has 0 rings (SSSR count). The van der Waals surface area contributed by atoms with Gasteiger partial charge in [-0.2, -0.15) is 11.8 Å². The second kappa shape index (κ2) is 25.2. The Bertz CT molecular complexity index is 899. The van der Waals surface area contributed by atoms with E-state index >= 15 is 0 Å². The Morgan fingerprint density at radius 2 is 1.48 bits per heavy atom. The molecule has 0 aromatic rings. The third-order valence-corrected chi connectivity index (χ3v) is 6.19. The van der Waals surface area contributed by atoms with Crippen LogP contribution < -0.4 is 10.6 Å². The maximum atomic E-state index is 12.3. The van der Waals surface area contributed by atoms with E-state index in [1.165, 1.54) is 0 Å². The zero-order chi connectivity index (χ0) is 29.9. The van der Waals surface area contributed by atoms with Gasteiger partial charge in [0.15, 0.2) is 0 Å². The summed E-state index contributed by atoms with van der Waals surface area (Å²) in [5.41, 5.74) is 2.09. The fraction of sp³-hybridized carbons (Fsp3) is 0.562. The summed E-state index contributed by atoms with van der Waals surface area (Å²) in [4.78, 5) is 36.0. The third kappa shape index (κ3) is 22.1. The van der Waals surface area contributed by atoms with Crippen LogP contribution in [0.15, 0.2) is 66.5 Å². The van der Waals surface area contributed by atoms with Gasteiger partial charge in [0.05, 0.1) is 6.61 Å². The number of thioether (sulfide) groups is 1. The Balaban J connectivity index is 4.08. The van der Waals surface area contributed by atoms with Gasteiger partial charge in [0, 0.05) is 37.1 Å². The van der Waals surface area contributed by atoms with Crippen LogP contribution >= 0.6 is 11.8 Å². The van der Waals surface area contributed by atoms with Gasteiger partial charge in [-0.15, -0.1) is 5.73 Å². The van der Waals surface area contributed by atoms with E-state index in [-0.39, 0.29) is 31.9 Å². The first-order chi connectivity index (χ1) is 19.2. The van der Waals surface area contributed by atoms with Gasteiger partial charge in [-0.05, 0) is 56.9 Å². The van der Waals surface area contributed by atoms with Gasteiger partial charge < -0.3 is 20.5 Å². The number of aliphatic hydroxyl groups is 1. The van der Waals surface area contributed by atoms with Crippen LogP contribution in [-0.4, -0.2) is 60.7 Å². The van der Waals surface area contributed by atoms with Gasteiger partial charge >= 0.3 is 5.97 Å². The smallest absolute Gasteiger partial charge is 0.306 e. The van der Waals surface area contributed by atoms with Crippen molar-refractivity contribution in [3.63, 3.8) is 0 Å². The van der Waals surface area contributed by atoms with Gasteiger partial charge in [0.25, 0.3) is 0 Å². The largest absolute Gasteiger partial charge is 0.465 e. The molecule has 0 aliphatic heterocycles. The van der Waals surface area contributed by atoms with Crippen molar-refractivity contribution in [2.45, 2.75) is 78.2 Å². The zero-order valence-electron chi connectivity index (χ0n) is 24.8. The van der Waals surface area contributed by atoms with Crippen LogP contribution in [0.3, 0.4) is 0 Å². The van der Waals surface area contributed by atoms with Crippen LogP contribution in [0.1, 0.15) is 72.1 Å². The fourth-order valence-electron chi connectivity index (χ4n) is 3.12. The van der Waals surface area contributed by atoms with E-state index < -0.39 is 23.4 Å². The average molecular weight is 575 g/mol. The lowest BCUT2D eigenvalue weighted by Gasteiger charge is -2.29. The van der Waals surface area contributed by atoms with Crippen LogP contribution in [0.4, 0.5) is 0 Å². The molecule has 0 heterocycles. The summed E-state index contributed by atoms with van der Waals surface area (Å²) in [6, 6.07) is 0. The van der Waals surface area contributed by atoms with E-state index in [9.17, 15) is 19.5 Å². The molecule has 0 saturated carbocycles. The van der Waals surface area contributed by atoms with E-state index in [0.717, 1.165) is 37.9 Å². The molecule has 224 valence electrons. The number of ether oxygens (including phenoxy) is 1. The number of carbonyl (C=O) groups is 3. The highest BCUT2D eigenvalue weighted by molar-refractivity contribution is 7.98. The van der Waals surface area contributed by atoms with E-state index in [2.05, 4.69) is 71.9 Å². The van der Waals surface area contributed by atoms with Gasteiger partial charge in [-0.1, -0.05) is 69.4 Å². The molecule has 0 saturated heterocycles. The van der Waals surface area contributed by atoms with Crippen LogP contribution in [-0.2, 0) is 19.1 Å². The molecule has 0 aliphatic rings. The highest BCUT2D eigenvalue weighted by Crippen LogP contribution is 2.21. The Hall–Kier alpha value is -2.80. The lowest BCUT2D eigenvalue weighted by atomic mass is 9.87. The van der Waals surface area contributed by atoms with Crippen LogP contribution in [0.2, 0.25) is 0 Å². The number of nitrogens with one attached hydrogen (secondary N) is 2. The topological polar surface area (TPSA) is 105 Å². The molecule has 0 aliphatic carbocycles. The maximum Gasteiger partial charge on any atom is 0.306 e. The standard InChI is InChI=1S/C32H50N2O5S/c1-5-6-7-8-9-10-11-12-13-14-15-16-17-18-19-20-21-22-29(36)39-27-32(2,3)30(37)31(38)34-24-23-28(35)33-25-26-40-4/h6-7,9-10,12-13,15-16,18,20,30,37H,5,8,11,14,17,21-27H2,1-4H3,(H,33,35)(H,34,38)/b7-6-,10-9-,13-12-,16-15-/t19?,30-/m0/s1. The number of rotatable bonds is 22. The van der Waals surface area contributed by atoms with Crippen molar-refractivity contribution < 1.29 is 24.2 Å². The Labute approximate surface area is 246 Å². The van der Waals surface area contributed by atoms with Gasteiger partial charge in [0.2, 0.25) is 11.8 Å². The minimum Gasteiger partial charge on any atom is -0.465 e. The summed E-state index contributed by atoms with van der Waals surface area (Å²) in [5, 5.41) is 15.7. The number of amides is 2. The van der Waals surface area contributed by atoms with Crippen LogP contribution in [0, 0.1) is 5.41 Å². The summed E-state index contributed by atoms with van der Waals surface area (Å²) in [6.45, 7) is 6.03. The quantitative estimate of drug-likeness (QED) is 0.0674. The third-order valence-electron chi connectivity index (χ3n) is 5.57. The Morgan fingerprint density at radius 3 is 2.08 bits per heavy atom. The van der Waals surface area contributed by atoms with Crippen molar-refractivity contribution in [2.24, 2.45) is 5.41 Å². The summed E-state index contributed by atoms with van der Waals surface area (Å²) in [5.74, 6) is -0.335. The first-order valence-electron chi connectivity index (χ1n) is 14.1. The lowest BCUT2D eigenvalue weighted by molar-refractivity contribution is -0.153. The minimum atomic E-state index is -1.37. The second-order valence-corrected chi connectivity index (χ2v) is 10.8. The first kappa shape index (κ1) is 37.2. The first-order valence-corrected chi connectivity index (χ1v) is 15.5. The monoisotopic (exact) mass is 574 g/mol. The molecular weight excluding hydrogens is 524 g/mol. The van der Waals surface area contributed by atoms with E-state index in [0.29, 0.717) is 13.0 Å². The van der Waals surface area contributed by atoms with Gasteiger partial charge in [-0.25, -0.2) is 0 Å². The number of esters is 1. The summed E-state index contributed by atoms with van der Waals surface area (Å²) >= 11 is 1.63. The van der Waals surface area contributed by atoms with Crippen molar-refractivity contribution in [3.05, 3.63) is 66.5 Å². The number of hydrogen-bond acceptors (Lipinski definition) is 6. The van der Waals surface area contributed by atoms with E-state index in [4.69, 9.17) is 4.74 Å². The SMILES string of the molecule is CC/C=C\C/C=C\C/C=C\C/C=C\CC=C=CCCC(=O)OCC(C)(C)[C@@H](O)C(=O)NCCC(=O)NCCSC. The highest BCUT2D eigenvalue weighted by Gasteiger charge is 2.34. The molecule has 0 radical (unpaired) electrons. The predicted octanol–water partition coefficient (Wildman–Crippen LogP) is 5.59. The number of carbonyl (C=O) groups excluding carboxylic acids is 3. The zero-order valence-corrected chi connectivity index (χ0v) is 25.6. The molecule has 0 bridgehead atoms. The molecule has 3 N–H and O–H groups in total. The van der Waals surface area contributed by atoms with Gasteiger partial charge in [-0.3, -0.25) is 14.4 Å². The van der Waals surface area contributed by atoms with Crippen LogP contribution in [0.5, 0.6) is 0 Å². The summed E-state index contributed by atoms with van der Waals surface area (Å²) in [6.07, 6.45) is 27.0. The highest BCUT2D eigenvalue weighted by atomic mass is 32.2. The molecule has 0 spiro atoms. The number of allylic oxidation sites excluding steroid dienone is 9. The molecule has 40 heavy (non-hydrogen) atoms. The summed E-state index contributed by atoms with van der Waals surface area (Å²) < 4.78 is 5.28. The predicted molar refractivity (Wildman–Crippen MR) is 167 cm³/mol. The number of hydrogen-bond donors (Lipinski definition) is 3. The summed E-state index contributed by atoms with van der Waals surface area (Å²) in [7, 11) is 0. The lowest BCUT2D eigenvalue weighted by Crippen LogP contribution is -2.47. The fourth-order valence-corrected chi connectivity index (χ4v) is 3.42. The molecule has 0 unspecified atom stereocenters. The second-order valence-electron chi connectivity index (χ2n) is 9.79. The molecule has 8 heteroatoms. The molecule has 2 amide bonds. The van der Waals surface area contributed by atoms with E-state index in [1.807, 2.05) is 12.3 Å². The van der Waals surface area contributed by atoms with Crippen molar-refractivity contribution in [1.82, 2.24) is 10.6 Å². The van der Waals surface area contributed by atoms with Gasteiger partial charge in [0.1, 0.15) is 6.10 Å². The van der Waals surface area contributed by atoms with Crippen molar-refractivity contribution >= 4 is 29.5 Å². The van der Waals surface area contributed by atoms with Crippen molar-refractivity contribution in [1.29, 1.82) is 0 Å². The average Bonchev–Trinajstić information content (AvgIpc) is 2.93. The Kier molecular flexibility index (Phi) is 23.4. The van der Waals surface area contributed by atoms with Crippen LogP contribution in [0.25, 0.3) is 0 Å². The molecule has 0 fully saturated rings. The molecular formula is C32H50N2O5S. The molecule has 0 aromatic heterocycles. The molecule has 1 atom stereocenters.